The Morgan fingerprint density at radius 1 is 1.04 bits per heavy atom. The summed E-state index contributed by atoms with van der Waals surface area (Å²) < 4.78 is 5.26. The van der Waals surface area contributed by atoms with Crippen LogP contribution in [-0.2, 0) is 4.79 Å². The second-order valence-corrected chi connectivity index (χ2v) is 6.74. The van der Waals surface area contributed by atoms with Crippen LogP contribution in [0.1, 0.15) is 11.1 Å². The largest absolute Gasteiger partial charge is 0.497 e. The molecule has 1 aliphatic rings. The molecule has 0 spiro atoms. The summed E-state index contributed by atoms with van der Waals surface area (Å²) in [4.78, 5) is 17.6. The smallest absolute Gasteiger partial charge is 0.269 e. The standard InChI is InChI=1S/C22H18ClN3O2/c1-28-17-9-5-8-16(13-17)24-21-22(27)25-19-11-10-15(23)12-18(19)20(26-21)14-6-3-2-4-7-14/h2-13,21,24H,1H3,(H,25,27). The van der Waals surface area contributed by atoms with Crippen LogP contribution in [0.5, 0.6) is 5.75 Å². The van der Waals surface area contributed by atoms with E-state index in [-0.39, 0.29) is 5.91 Å². The van der Waals surface area contributed by atoms with E-state index in [2.05, 4.69) is 10.6 Å². The van der Waals surface area contributed by atoms with E-state index in [1.165, 1.54) is 0 Å². The van der Waals surface area contributed by atoms with E-state index in [0.717, 1.165) is 16.8 Å². The lowest BCUT2D eigenvalue weighted by atomic mass is 10.0. The number of fused-ring (bicyclic) bond motifs is 1. The zero-order valence-corrected chi connectivity index (χ0v) is 15.9. The molecule has 0 radical (unpaired) electrons. The van der Waals surface area contributed by atoms with Gasteiger partial charge >= 0.3 is 0 Å². The summed E-state index contributed by atoms with van der Waals surface area (Å²) >= 11 is 6.22. The number of carbonyl (C=O) groups excluding carboxylic acids is 1. The molecule has 0 saturated carbocycles. The Morgan fingerprint density at radius 2 is 1.86 bits per heavy atom. The van der Waals surface area contributed by atoms with Gasteiger partial charge in [0.15, 0.2) is 6.17 Å². The van der Waals surface area contributed by atoms with Gasteiger partial charge in [-0.25, -0.2) is 4.99 Å². The minimum atomic E-state index is -0.812. The molecule has 1 unspecified atom stereocenters. The lowest BCUT2D eigenvalue weighted by molar-refractivity contribution is -0.116. The third kappa shape index (κ3) is 3.70. The van der Waals surface area contributed by atoms with Gasteiger partial charge in [0.25, 0.3) is 5.91 Å². The van der Waals surface area contributed by atoms with Crippen molar-refractivity contribution in [3.8, 4) is 5.75 Å². The van der Waals surface area contributed by atoms with Crippen molar-refractivity contribution in [2.45, 2.75) is 6.17 Å². The average molecular weight is 392 g/mol. The first kappa shape index (κ1) is 18.1. The summed E-state index contributed by atoms with van der Waals surface area (Å²) in [6.07, 6.45) is -0.812. The number of anilines is 2. The Balaban J connectivity index is 1.79. The number of rotatable bonds is 4. The minimum Gasteiger partial charge on any atom is -0.497 e. The van der Waals surface area contributed by atoms with Gasteiger partial charge in [-0.3, -0.25) is 4.79 Å². The lowest BCUT2D eigenvalue weighted by Crippen LogP contribution is -2.32. The molecule has 0 fully saturated rings. The number of carbonyl (C=O) groups is 1. The van der Waals surface area contributed by atoms with E-state index in [1.807, 2.05) is 60.7 Å². The molecule has 4 rings (SSSR count). The second-order valence-electron chi connectivity index (χ2n) is 6.30. The highest BCUT2D eigenvalue weighted by atomic mass is 35.5. The predicted molar refractivity (Wildman–Crippen MR) is 113 cm³/mol. The Hall–Kier alpha value is -3.31. The average Bonchev–Trinajstić information content (AvgIpc) is 2.85. The molecule has 1 amide bonds. The van der Waals surface area contributed by atoms with Gasteiger partial charge in [-0.15, -0.1) is 0 Å². The summed E-state index contributed by atoms with van der Waals surface area (Å²) in [5.41, 5.74) is 3.78. The predicted octanol–water partition coefficient (Wildman–Crippen LogP) is 4.58. The lowest BCUT2D eigenvalue weighted by Gasteiger charge is -2.15. The highest BCUT2D eigenvalue weighted by Crippen LogP contribution is 2.28. The molecule has 140 valence electrons. The van der Waals surface area contributed by atoms with Crippen molar-refractivity contribution in [1.29, 1.82) is 0 Å². The molecule has 0 saturated heterocycles. The molecular weight excluding hydrogens is 374 g/mol. The number of hydrogen-bond donors (Lipinski definition) is 2. The molecular formula is C22H18ClN3O2. The summed E-state index contributed by atoms with van der Waals surface area (Å²) in [5.74, 6) is 0.443. The first-order chi connectivity index (χ1) is 13.6. The number of halogens is 1. The summed E-state index contributed by atoms with van der Waals surface area (Å²) in [7, 11) is 1.60. The highest BCUT2D eigenvalue weighted by molar-refractivity contribution is 6.32. The van der Waals surface area contributed by atoms with E-state index < -0.39 is 6.17 Å². The van der Waals surface area contributed by atoms with Crippen LogP contribution in [0.3, 0.4) is 0 Å². The molecule has 3 aromatic rings. The zero-order valence-electron chi connectivity index (χ0n) is 15.1. The quantitative estimate of drug-likeness (QED) is 0.684. The molecule has 1 heterocycles. The van der Waals surface area contributed by atoms with Crippen LogP contribution >= 0.6 is 11.6 Å². The number of nitrogens with zero attached hydrogens (tertiary/aromatic N) is 1. The number of aliphatic imine (C=N–C) groups is 1. The van der Waals surface area contributed by atoms with Crippen LogP contribution in [0.25, 0.3) is 0 Å². The van der Waals surface area contributed by atoms with Crippen LogP contribution < -0.4 is 15.4 Å². The molecule has 1 atom stereocenters. The normalized spacial score (nSPS) is 15.7. The van der Waals surface area contributed by atoms with Crippen LogP contribution in [0.15, 0.2) is 77.8 Å². The number of amides is 1. The monoisotopic (exact) mass is 391 g/mol. The number of benzene rings is 3. The number of ether oxygens (including phenoxy) is 1. The van der Waals surface area contributed by atoms with Gasteiger partial charge in [0.2, 0.25) is 0 Å². The third-order valence-electron chi connectivity index (χ3n) is 4.42. The first-order valence-corrected chi connectivity index (χ1v) is 9.16. The van der Waals surface area contributed by atoms with Crippen LogP contribution in [0.4, 0.5) is 11.4 Å². The Kier molecular flexibility index (Phi) is 5.00. The van der Waals surface area contributed by atoms with Crippen molar-refractivity contribution in [3.63, 3.8) is 0 Å². The number of hydrogen-bond acceptors (Lipinski definition) is 4. The maximum Gasteiger partial charge on any atom is 0.269 e. The van der Waals surface area contributed by atoms with Crippen molar-refractivity contribution in [2.24, 2.45) is 4.99 Å². The summed E-state index contributed by atoms with van der Waals surface area (Å²) in [5, 5.41) is 6.70. The Morgan fingerprint density at radius 3 is 2.64 bits per heavy atom. The van der Waals surface area contributed by atoms with Crippen molar-refractivity contribution in [2.75, 3.05) is 17.7 Å². The van der Waals surface area contributed by atoms with E-state index in [4.69, 9.17) is 21.3 Å². The number of nitrogens with one attached hydrogen (secondary N) is 2. The number of benzodiazepines with no additional fused rings is 1. The highest BCUT2D eigenvalue weighted by Gasteiger charge is 2.26. The maximum absolute atomic E-state index is 12.9. The zero-order chi connectivity index (χ0) is 19.5. The molecule has 0 aromatic heterocycles. The molecule has 0 bridgehead atoms. The van der Waals surface area contributed by atoms with Crippen molar-refractivity contribution >= 4 is 34.6 Å². The van der Waals surface area contributed by atoms with Gasteiger partial charge < -0.3 is 15.4 Å². The van der Waals surface area contributed by atoms with Gasteiger partial charge in [-0.1, -0.05) is 48.0 Å². The first-order valence-electron chi connectivity index (χ1n) is 8.78. The fraction of sp³-hybridized carbons (Fsp3) is 0.0909. The summed E-state index contributed by atoms with van der Waals surface area (Å²) in [6.45, 7) is 0. The van der Waals surface area contributed by atoms with Crippen molar-refractivity contribution < 1.29 is 9.53 Å². The minimum absolute atomic E-state index is 0.252. The van der Waals surface area contributed by atoms with Crippen molar-refractivity contribution in [3.05, 3.63) is 88.9 Å². The Bertz CT molecular complexity index is 1050. The Labute approximate surface area is 168 Å². The van der Waals surface area contributed by atoms with Gasteiger partial charge in [0.1, 0.15) is 5.75 Å². The maximum atomic E-state index is 12.9. The number of methoxy groups -OCH3 is 1. The molecule has 28 heavy (non-hydrogen) atoms. The van der Waals surface area contributed by atoms with Gasteiger partial charge in [-0.05, 0) is 30.3 Å². The van der Waals surface area contributed by atoms with E-state index in [9.17, 15) is 4.79 Å². The van der Waals surface area contributed by atoms with Crippen LogP contribution in [-0.4, -0.2) is 24.9 Å². The van der Waals surface area contributed by atoms with E-state index >= 15 is 0 Å². The molecule has 1 aliphatic heterocycles. The third-order valence-corrected chi connectivity index (χ3v) is 4.66. The van der Waals surface area contributed by atoms with Gasteiger partial charge in [0.05, 0.1) is 18.5 Å². The van der Waals surface area contributed by atoms with Gasteiger partial charge in [0, 0.05) is 27.9 Å². The molecule has 0 aliphatic carbocycles. The summed E-state index contributed by atoms with van der Waals surface area (Å²) in [6, 6.07) is 22.5. The molecule has 5 nitrogen and oxygen atoms in total. The van der Waals surface area contributed by atoms with Crippen LogP contribution in [0.2, 0.25) is 5.02 Å². The van der Waals surface area contributed by atoms with E-state index in [0.29, 0.717) is 22.2 Å². The SMILES string of the molecule is COc1cccc(NC2N=C(c3ccccc3)c3cc(Cl)ccc3NC2=O)c1. The fourth-order valence-electron chi connectivity index (χ4n) is 3.07. The molecule has 2 N–H and O–H groups in total. The second kappa shape index (κ2) is 7.74. The van der Waals surface area contributed by atoms with Gasteiger partial charge in [-0.2, -0.15) is 0 Å². The topological polar surface area (TPSA) is 62.7 Å². The van der Waals surface area contributed by atoms with Crippen molar-refractivity contribution in [1.82, 2.24) is 0 Å². The fourth-order valence-corrected chi connectivity index (χ4v) is 3.25. The van der Waals surface area contributed by atoms with E-state index in [1.54, 1.807) is 19.2 Å². The van der Waals surface area contributed by atoms with Crippen LogP contribution in [0, 0.1) is 0 Å². The molecule has 3 aromatic carbocycles. The molecule has 6 heteroatoms.